The zero-order valence-electron chi connectivity index (χ0n) is 11.3. The van der Waals surface area contributed by atoms with Crippen LogP contribution in [0.15, 0.2) is 42.5 Å². The maximum Gasteiger partial charge on any atom is 0.343 e. The Labute approximate surface area is 112 Å². The molecule has 3 heteroatoms. The van der Waals surface area contributed by atoms with Gasteiger partial charge in [-0.3, -0.25) is 0 Å². The van der Waals surface area contributed by atoms with Crippen molar-refractivity contribution in [2.75, 3.05) is 7.11 Å². The lowest BCUT2D eigenvalue weighted by molar-refractivity contribution is 0.0733. The topological polar surface area (TPSA) is 35.5 Å². The van der Waals surface area contributed by atoms with Gasteiger partial charge in [-0.05, 0) is 49.7 Å². The summed E-state index contributed by atoms with van der Waals surface area (Å²) in [7, 11) is 1.59. The number of rotatable bonds is 3. The second kappa shape index (κ2) is 5.57. The van der Waals surface area contributed by atoms with Gasteiger partial charge in [0.1, 0.15) is 11.5 Å². The number of carbonyl (C=O) groups excluding carboxylic acids is 1. The lowest BCUT2D eigenvalue weighted by atomic mass is 10.1. The summed E-state index contributed by atoms with van der Waals surface area (Å²) < 4.78 is 10.4. The van der Waals surface area contributed by atoms with E-state index in [-0.39, 0.29) is 5.97 Å². The molecule has 0 aromatic heterocycles. The van der Waals surface area contributed by atoms with Crippen molar-refractivity contribution in [1.29, 1.82) is 0 Å². The molecule has 0 saturated carbocycles. The first-order valence-corrected chi connectivity index (χ1v) is 6.03. The van der Waals surface area contributed by atoms with Crippen LogP contribution in [0.1, 0.15) is 21.5 Å². The fraction of sp³-hybridized carbons (Fsp3) is 0.188. The van der Waals surface area contributed by atoms with Crippen molar-refractivity contribution in [3.63, 3.8) is 0 Å². The summed E-state index contributed by atoms with van der Waals surface area (Å²) >= 11 is 0. The van der Waals surface area contributed by atoms with Crippen LogP contribution in [0.25, 0.3) is 0 Å². The number of esters is 1. The second-order valence-corrected chi connectivity index (χ2v) is 4.39. The van der Waals surface area contributed by atoms with Crippen LogP contribution in [-0.4, -0.2) is 13.1 Å². The third-order valence-electron chi connectivity index (χ3n) is 2.86. The van der Waals surface area contributed by atoms with Crippen molar-refractivity contribution < 1.29 is 14.3 Å². The zero-order chi connectivity index (χ0) is 13.8. The van der Waals surface area contributed by atoms with E-state index in [1.165, 1.54) is 0 Å². The van der Waals surface area contributed by atoms with Crippen LogP contribution >= 0.6 is 0 Å². The normalized spacial score (nSPS) is 10.1. The first kappa shape index (κ1) is 13.1. The number of benzene rings is 2. The fourth-order valence-corrected chi connectivity index (χ4v) is 1.80. The molecular weight excluding hydrogens is 240 g/mol. The highest BCUT2D eigenvalue weighted by molar-refractivity contribution is 5.91. The molecule has 0 aliphatic rings. The van der Waals surface area contributed by atoms with Crippen LogP contribution in [0, 0.1) is 13.8 Å². The standard InChI is InChI=1S/C16H16O3/c1-11-4-9-15(12(2)10-11)19-16(17)13-5-7-14(18-3)8-6-13/h4-10H,1-3H3. The Morgan fingerprint density at radius 3 is 2.26 bits per heavy atom. The van der Waals surface area contributed by atoms with Crippen molar-refractivity contribution >= 4 is 5.97 Å². The Morgan fingerprint density at radius 1 is 1.00 bits per heavy atom. The van der Waals surface area contributed by atoms with Gasteiger partial charge < -0.3 is 9.47 Å². The van der Waals surface area contributed by atoms with Crippen molar-refractivity contribution in [2.45, 2.75) is 13.8 Å². The van der Waals surface area contributed by atoms with E-state index in [0.29, 0.717) is 17.1 Å². The molecule has 0 unspecified atom stereocenters. The molecule has 0 fully saturated rings. The van der Waals surface area contributed by atoms with Gasteiger partial charge in [-0.25, -0.2) is 4.79 Å². The highest BCUT2D eigenvalue weighted by Crippen LogP contribution is 2.20. The predicted octanol–water partition coefficient (Wildman–Crippen LogP) is 3.53. The van der Waals surface area contributed by atoms with E-state index in [4.69, 9.17) is 9.47 Å². The van der Waals surface area contributed by atoms with Crippen LogP contribution in [0.3, 0.4) is 0 Å². The highest BCUT2D eigenvalue weighted by atomic mass is 16.5. The predicted molar refractivity (Wildman–Crippen MR) is 73.9 cm³/mol. The van der Waals surface area contributed by atoms with Gasteiger partial charge in [-0.1, -0.05) is 17.7 Å². The number of hydrogen-bond donors (Lipinski definition) is 0. The molecule has 0 radical (unpaired) electrons. The second-order valence-electron chi connectivity index (χ2n) is 4.39. The molecule has 0 amide bonds. The highest BCUT2D eigenvalue weighted by Gasteiger charge is 2.10. The maximum atomic E-state index is 12.0. The molecule has 0 aliphatic carbocycles. The molecular formula is C16H16O3. The first-order chi connectivity index (χ1) is 9.10. The van der Waals surface area contributed by atoms with Crippen LogP contribution < -0.4 is 9.47 Å². The molecule has 0 N–H and O–H groups in total. The van der Waals surface area contributed by atoms with Gasteiger partial charge in [0.15, 0.2) is 0 Å². The molecule has 0 saturated heterocycles. The minimum absolute atomic E-state index is 0.366. The number of methoxy groups -OCH3 is 1. The van der Waals surface area contributed by atoms with Gasteiger partial charge >= 0.3 is 5.97 Å². The lowest BCUT2D eigenvalue weighted by Crippen LogP contribution is -2.09. The first-order valence-electron chi connectivity index (χ1n) is 6.03. The molecule has 0 aliphatic heterocycles. The molecule has 3 nitrogen and oxygen atoms in total. The summed E-state index contributed by atoms with van der Waals surface area (Å²) in [6.07, 6.45) is 0. The van der Waals surface area contributed by atoms with Gasteiger partial charge in [-0.2, -0.15) is 0 Å². The zero-order valence-corrected chi connectivity index (χ0v) is 11.3. The molecule has 0 heterocycles. The van der Waals surface area contributed by atoms with Gasteiger partial charge in [0.05, 0.1) is 12.7 Å². The van der Waals surface area contributed by atoms with E-state index >= 15 is 0 Å². The van der Waals surface area contributed by atoms with Crippen LogP contribution in [-0.2, 0) is 0 Å². The third-order valence-corrected chi connectivity index (χ3v) is 2.86. The molecule has 19 heavy (non-hydrogen) atoms. The minimum atomic E-state index is -0.366. The summed E-state index contributed by atoms with van der Waals surface area (Å²) in [6, 6.07) is 12.6. The molecule has 0 atom stereocenters. The Balaban J connectivity index is 2.15. The largest absolute Gasteiger partial charge is 0.497 e. The Bertz CT molecular complexity index is 585. The van der Waals surface area contributed by atoms with Crippen LogP contribution in [0.2, 0.25) is 0 Å². The summed E-state index contributed by atoms with van der Waals surface area (Å²) in [5.41, 5.74) is 2.59. The van der Waals surface area contributed by atoms with Gasteiger partial charge in [0.2, 0.25) is 0 Å². The smallest absolute Gasteiger partial charge is 0.343 e. The van der Waals surface area contributed by atoms with Gasteiger partial charge in [0, 0.05) is 0 Å². The maximum absolute atomic E-state index is 12.0. The Morgan fingerprint density at radius 2 is 1.68 bits per heavy atom. The molecule has 2 aromatic carbocycles. The molecule has 0 bridgehead atoms. The summed E-state index contributed by atoms with van der Waals surface area (Å²) in [5, 5.41) is 0. The third kappa shape index (κ3) is 3.13. The summed E-state index contributed by atoms with van der Waals surface area (Å²) in [4.78, 5) is 12.0. The van der Waals surface area contributed by atoms with Crippen molar-refractivity contribution in [2.24, 2.45) is 0 Å². The van der Waals surface area contributed by atoms with Crippen LogP contribution in [0.5, 0.6) is 11.5 Å². The molecule has 98 valence electrons. The minimum Gasteiger partial charge on any atom is -0.497 e. The quantitative estimate of drug-likeness (QED) is 0.622. The van der Waals surface area contributed by atoms with Gasteiger partial charge in [-0.15, -0.1) is 0 Å². The van der Waals surface area contributed by atoms with Gasteiger partial charge in [0.25, 0.3) is 0 Å². The van der Waals surface area contributed by atoms with E-state index in [1.807, 2.05) is 32.0 Å². The fourth-order valence-electron chi connectivity index (χ4n) is 1.80. The summed E-state index contributed by atoms with van der Waals surface area (Å²) in [6.45, 7) is 3.92. The van der Waals surface area contributed by atoms with Crippen LogP contribution in [0.4, 0.5) is 0 Å². The van der Waals surface area contributed by atoms with E-state index < -0.39 is 0 Å². The van der Waals surface area contributed by atoms with E-state index in [2.05, 4.69) is 0 Å². The number of aryl methyl sites for hydroxylation is 2. The Hall–Kier alpha value is -2.29. The molecule has 0 spiro atoms. The summed E-state index contributed by atoms with van der Waals surface area (Å²) in [5.74, 6) is 0.934. The Kier molecular flexibility index (Phi) is 3.85. The van der Waals surface area contributed by atoms with Crippen molar-refractivity contribution in [1.82, 2.24) is 0 Å². The van der Waals surface area contributed by atoms with E-state index in [0.717, 1.165) is 11.1 Å². The van der Waals surface area contributed by atoms with E-state index in [1.54, 1.807) is 31.4 Å². The number of ether oxygens (including phenoxy) is 2. The number of carbonyl (C=O) groups is 1. The average Bonchev–Trinajstić information content (AvgIpc) is 2.42. The lowest BCUT2D eigenvalue weighted by Gasteiger charge is -2.08. The molecule has 2 rings (SSSR count). The average molecular weight is 256 g/mol. The van der Waals surface area contributed by atoms with E-state index in [9.17, 15) is 4.79 Å². The number of hydrogen-bond acceptors (Lipinski definition) is 3. The molecule has 2 aromatic rings. The van der Waals surface area contributed by atoms with Crippen molar-refractivity contribution in [3.8, 4) is 11.5 Å². The monoisotopic (exact) mass is 256 g/mol. The SMILES string of the molecule is COc1ccc(C(=O)Oc2ccc(C)cc2C)cc1. The van der Waals surface area contributed by atoms with Crippen molar-refractivity contribution in [3.05, 3.63) is 59.2 Å².